The Bertz CT molecular complexity index is 2190. The summed E-state index contributed by atoms with van der Waals surface area (Å²) in [6.45, 7) is 5.66. The Balaban J connectivity index is 0.000000876. The number of fused-ring (bicyclic) bond motifs is 1. The zero-order valence-electron chi connectivity index (χ0n) is 29.5. The summed E-state index contributed by atoms with van der Waals surface area (Å²) in [6.07, 6.45) is -1.64. The van der Waals surface area contributed by atoms with Gasteiger partial charge in [0.05, 0.1) is 23.1 Å². The van der Waals surface area contributed by atoms with Crippen LogP contribution in [0.2, 0.25) is 0 Å². The number of ether oxygens (including phenoxy) is 1. The summed E-state index contributed by atoms with van der Waals surface area (Å²) < 4.78 is 40.7. The van der Waals surface area contributed by atoms with Crippen molar-refractivity contribution in [2.45, 2.75) is 58.6 Å². The number of non-ortho nitro benzene ring substituents is 1. The summed E-state index contributed by atoms with van der Waals surface area (Å²) >= 11 is 1.51. The zero-order valence-corrected chi connectivity index (χ0v) is 30.3. The molecule has 0 aliphatic rings. The number of rotatable bonds is 12. The van der Waals surface area contributed by atoms with Crippen LogP contribution in [0.5, 0.6) is 5.75 Å². The minimum atomic E-state index is -5.19. The van der Waals surface area contributed by atoms with E-state index in [9.17, 15) is 42.8 Å². The molecule has 0 aliphatic heterocycles. The minimum Gasteiger partial charge on any atom is -0.542 e. The number of aryl methyl sites for hydroxylation is 1. The number of carbonyl (C=O) groups excluding carboxylic acids is 4. The second-order valence-electron chi connectivity index (χ2n) is 12.3. The van der Waals surface area contributed by atoms with Crippen LogP contribution in [0.4, 0.5) is 29.3 Å². The van der Waals surface area contributed by atoms with E-state index in [0.29, 0.717) is 28.1 Å². The number of nitro groups is 1. The summed E-state index contributed by atoms with van der Waals surface area (Å²) in [5, 5.41) is 32.9. The molecule has 0 saturated heterocycles. The number of aromatic hydroxyl groups is 1. The molecule has 0 radical (unpaired) electrons. The van der Waals surface area contributed by atoms with Gasteiger partial charge in [-0.25, -0.2) is 14.2 Å². The van der Waals surface area contributed by atoms with E-state index < -0.39 is 41.0 Å². The fourth-order valence-electron chi connectivity index (χ4n) is 5.25. The van der Waals surface area contributed by atoms with Crippen molar-refractivity contribution in [2.75, 3.05) is 5.32 Å². The average molecular weight is 785 g/mol. The summed E-state index contributed by atoms with van der Waals surface area (Å²) in [6, 6.07) is 17.1. The number of carboxylic acids is 1. The molecule has 0 fully saturated rings. The van der Waals surface area contributed by atoms with Crippen molar-refractivity contribution in [1.29, 1.82) is 0 Å². The highest BCUT2D eigenvalue weighted by Gasteiger charge is 2.33. The second-order valence-corrected chi connectivity index (χ2v) is 13.5. The monoisotopic (exact) mass is 784 g/mol. The number of nitrogens with one attached hydrogen (secondary N) is 1. The molecule has 0 unspecified atom stereocenters. The number of primary amides is 1. The van der Waals surface area contributed by atoms with Gasteiger partial charge in [0.25, 0.3) is 5.69 Å². The van der Waals surface area contributed by atoms with Crippen molar-refractivity contribution in [2.24, 2.45) is 5.73 Å². The lowest BCUT2D eigenvalue weighted by molar-refractivity contribution is -0.506. The van der Waals surface area contributed by atoms with Crippen LogP contribution in [0, 0.1) is 17.0 Å². The molecule has 3 amide bonds. The van der Waals surface area contributed by atoms with Gasteiger partial charge in [0, 0.05) is 34.7 Å². The van der Waals surface area contributed by atoms with Crippen molar-refractivity contribution in [1.82, 2.24) is 9.47 Å². The average Bonchev–Trinajstić information content (AvgIpc) is 3.62. The molecule has 5 rings (SSSR count). The highest BCUT2D eigenvalue weighted by molar-refractivity contribution is 7.16. The number of esters is 1. The number of carboxylic acid groups (broad SMARTS) is 1. The summed E-state index contributed by atoms with van der Waals surface area (Å²) in [4.78, 5) is 62.4. The van der Waals surface area contributed by atoms with Gasteiger partial charge in [-0.15, -0.1) is 0 Å². The van der Waals surface area contributed by atoms with E-state index in [1.807, 2.05) is 28.3 Å². The normalized spacial score (nSPS) is 11.7. The predicted molar refractivity (Wildman–Crippen MR) is 190 cm³/mol. The molecule has 0 aliphatic carbocycles. The highest BCUT2D eigenvalue weighted by atomic mass is 32.1. The Morgan fingerprint density at radius 3 is 2.24 bits per heavy atom. The molecule has 3 aromatic carbocycles. The van der Waals surface area contributed by atoms with Gasteiger partial charge in [-0.2, -0.15) is 17.6 Å². The quantitative estimate of drug-likeness (QED) is 0.0713. The third-order valence-corrected chi connectivity index (χ3v) is 8.77. The van der Waals surface area contributed by atoms with Crippen LogP contribution in [0.15, 0.2) is 85.2 Å². The number of aliphatic carboxylic acids is 1. The number of imidazole rings is 1. The number of urea groups is 1. The summed E-state index contributed by atoms with van der Waals surface area (Å²) in [7, 11) is 0. The van der Waals surface area contributed by atoms with Crippen LogP contribution in [-0.2, 0) is 33.8 Å². The third-order valence-electron chi connectivity index (χ3n) is 7.73. The van der Waals surface area contributed by atoms with Crippen molar-refractivity contribution in [3.8, 4) is 5.75 Å². The van der Waals surface area contributed by atoms with Crippen LogP contribution in [-0.4, -0.2) is 61.7 Å². The number of amides is 3. The van der Waals surface area contributed by atoms with Crippen molar-refractivity contribution >= 4 is 51.5 Å². The number of nitrogens with zero attached hydrogens (tertiary/aromatic N) is 4. The molecule has 2 heterocycles. The largest absolute Gasteiger partial charge is 0.542 e. The number of carbonyl (C=O) groups is 4. The molecule has 0 bridgehead atoms. The fraction of sp³-hybridized carbons (Fsp3) is 0.250. The minimum absolute atomic E-state index is 0.0420. The summed E-state index contributed by atoms with van der Waals surface area (Å²) in [5.41, 5.74) is 8.57. The Morgan fingerprint density at radius 2 is 1.67 bits per heavy atom. The lowest BCUT2D eigenvalue weighted by atomic mass is 10.0. The number of thiazole rings is 1. The van der Waals surface area contributed by atoms with E-state index in [1.54, 1.807) is 50.2 Å². The highest BCUT2D eigenvalue weighted by Crippen LogP contribution is 2.24. The molecule has 0 spiro atoms. The van der Waals surface area contributed by atoms with Crippen LogP contribution in [0.25, 0.3) is 4.96 Å². The maximum absolute atomic E-state index is 14.1. The number of hydrogen-bond donors (Lipinski definition) is 3. The van der Waals surface area contributed by atoms with E-state index in [1.165, 1.54) is 52.6 Å². The van der Waals surface area contributed by atoms with Gasteiger partial charge >= 0.3 is 23.1 Å². The third kappa shape index (κ3) is 11.2. The smallest absolute Gasteiger partial charge is 0.430 e. The van der Waals surface area contributed by atoms with E-state index in [4.69, 9.17) is 20.4 Å². The van der Waals surface area contributed by atoms with Gasteiger partial charge in [-0.1, -0.05) is 35.6 Å². The lowest BCUT2D eigenvalue weighted by Gasteiger charge is -2.29. The van der Waals surface area contributed by atoms with E-state index in [-0.39, 0.29) is 37.1 Å². The number of halogens is 3. The van der Waals surface area contributed by atoms with Gasteiger partial charge < -0.3 is 35.7 Å². The van der Waals surface area contributed by atoms with Gasteiger partial charge in [0.15, 0.2) is 5.69 Å². The first-order chi connectivity index (χ1) is 25.8. The first-order valence-electron chi connectivity index (χ1n) is 16.3. The van der Waals surface area contributed by atoms with Crippen LogP contribution in [0.3, 0.4) is 0 Å². The van der Waals surface area contributed by atoms with Crippen molar-refractivity contribution < 1.29 is 56.6 Å². The van der Waals surface area contributed by atoms with Crippen LogP contribution < -0.4 is 20.6 Å². The van der Waals surface area contributed by atoms with Crippen molar-refractivity contribution in [3.05, 3.63) is 123 Å². The first kappa shape index (κ1) is 41.3. The Hall–Kier alpha value is -6.50. The Morgan fingerprint density at radius 1 is 1.04 bits per heavy atom. The molecule has 0 saturated carbocycles. The number of anilines is 1. The van der Waals surface area contributed by atoms with Crippen LogP contribution in [0.1, 0.15) is 45.9 Å². The van der Waals surface area contributed by atoms with E-state index >= 15 is 0 Å². The molecule has 19 heteroatoms. The van der Waals surface area contributed by atoms with Gasteiger partial charge in [0.2, 0.25) is 5.91 Å². The topological polar surface area (TPSA) is 214 Å². The number of phenolic OH excluding ortho intramolecular Hbond substituents is 1. The molecular weight excluding hydrogens is 749 g/mol. The fourth-order valence-corrected chi connectivity index (χ4v) is 6.20. The number of hydrogen-bond acceptors (Lipinski definition) is 10. The van der Waals surface area contributed by atoms with Crippen molar-refractivity contribution in [3.63, 3.8) is 0 Å². The van der Waals surface area contributed by atoms with Gasteiger partial charge in [-0.05, 0) is 62.7 Å². The number of alkyl halides is 3. The molecule has 15 nitrogen and oxygen atoms in total. The molecule has 1 atom stereocenters. The number of nitro benzene ring substituents is 1. The molecule has 2 aromatic heterocycles. The number of nitrogens with two attached hydrogens (primary N) is 1. The zero-order chi connectivity index (χ0) is 40.6. The first-order valence-corrected chi connectivity index (χ1v) is 17.1. The summed E-state index contributed by atoms with van der Waals surface area (Å²) in [5.74, 6) is -4.19. The maximum atomic E-state index is 14.1. The number of benzene rings is 3. The molecule has 4 N–H and O–H groups in total. The maximum Gasteiger partial charge on any atom is 0.430 e. The van der Waals surface area contributed by atoms with Gasteiger partial charge in [0.1, 0.15) is 36.7 Å². The lowest BCUT2D eigenvalue weighted by Crippen LogP contribution is -2.50. The van der Waals surface area contributed by atoms with E-state index in [2.05, 4.69) is 5.32 Å². The molecular formula is C36H35F3N6O9S. The second kappa shape index (κ2) is 17.5. The number of aromatic nitrogens is 2. The SMILES string of the molecule is Cc1c[n+]2cc(CN(C(=O)Nc3ccc(C(=O)OC(C)C)cc3)[C@@H](Cc3ccc(O)cc3)C(N)=O)n(Cc3cccc([N+](=O)[O-])c3)c2s1.O=C([O-])C(F)(F)F. The van der Waals surface area contributed by atoms with E-state index in [0.717, 1.165) is 9.84 Å². The number of phenols is 1. The molecule has 55 heavy (non-hydrogen) atoms. The van der Waals surface area contributed by atoms with Crippen LogP contribution >= 0.6 is 11.3 Å². The predicted octanol–water partition coefficient (Wildman–Crippen LogP) is 4.25. The molecule has 5 aromatic rings. The standard InChI is InChI=1S/C34H34N6O7S.C2HF3O2/c1-21(2)47-32(43)25-9-11-26(12-10-25)36-33(44)39(30(31(35)42)16-23-7-13-29(41)14-8-23)20-28-19-37-17-22(3)48-34(37)38(28)18-24-5-4-6-27(15-24)40(45)46;3-2(4,5)1(6)7/h4-15,17,19,21,30H,16,18,20H2,1-3H3,(H3-,35,36,41,42,43,44);(H,6,7)/t30-;/m0./s1. The molecule has 290 valence electrons. The Labute approximate surface area is 315 Å². The Kier molecular flexibility index (Phi) is 13.2. The van der Waals surface area contributed by atoms with Gasteiger partial charge in [-0.3, -0.25) is 14.9 Å².